The predicted molar refractivity (Wildman–Crippen MR) is 207 cm³/mol. The van der Waals surface area contributed by atoms with Crippen LogP contribution in [0.5, 0.6) is 0 Å². The van der Waals surface area contributed by atoms with Crippen molar-refractivity contribution < 1.29 is 40.7 Å². The topological polar surface area (TPSA) is 164 Å². The van der Waals surface area contributed by atoms with Crippen LogP contribution in [0.15, 0.2) is 42.5 Å². The van der Waals surface area contributed by atoms with Gasteiger partial charge in [0.25, 0.3) is 11.8 Å². The predicted octanol–water partition coefficient (Wildman–Crippen LogP) is 5.27. The van der Waals surface area contributed by atoms with E-state index in [1.54, 1.807) is 19.2 Å². The highest BCUT2D eigenvalue weighted by Crippen LogP contribution is 2.67. The van der Waals surface area contributed by atoms with E-state index in [-0.39, 0.29) is 57.3 Å². The summed E-state index contributed by atoms with van der Waals surface area (Å²) in [5, 5.41) is 22.1. The van der Waals surface area contributed by atoms with Crippen LogP contribution in [0.2, 0.25) is 5.02 Å². The summed E-state index contributed by atoms with van der Waals surface area (Å²) < 4.78 is 89.7. The number of nitrogens with zero attached hydrogens (tertiary/aromatic N) is 6. The molecule has 5 aromatic rings. The van der Waals surface area contributed by atoms with Gasteiger partial charge in [0.1, 0.15) is 35.2 Å². The number of anilines is 1. The molecule has 3 atom stereocenters. The van der Waals surface area contributed by atoms with Gasteiger partial charge in [0.15, 0.2) is 11.5 Å². The van der Waals surface area contributed by atoms with Crippen LogP contribution < -0.4 is 10.0 Å². The van der Waals surface area contributed by atoms with Gasteiger partial charge < -0.3 is 15.3 Å². The minimum absolute atomic E-state index is 0.0672. The average molecular weight is 841 g/mol. The molecule has 304 valence electrons. The van der Waals surface area contributed by atoms with Crippen molar-refractivity contribution in [2.24, 2.45) is 13.0 Å². The molecule has 1 saturated carbocycles. The summed E-state index contributed by atoms with van der Waals surface area (Å²) in [7, 11) is 0.669. The first-order chi connectivity index (χ1) is 27.0. The Bertz CT molecular complexity index is 2700. The zero-order valence-electron chi connectivity index (χ0n) is 32.0. The Labute approximate surface area is 335 Å². The summed E-state index contributed by atoms with van der Waals surface area (Å²) in [4.78, 5) is 33.2. The molecule has 3 heterocycles. The molecular formula is C39H37ClF4N8O5S. The van der Waals surface area contributed by atoms with Crippen molar-refractivity contribution in [3.8, 4) is 23.0 Å². The molecule has 0 saturated heterocycles. The summed E-state index contributed by atoms with van der Waals surface area (Å²) in [6.07, 6.45) is 0.846. The van der Waals surface area contributed by atoms with Crippen LogP contribution in [0.3, 0.4) is 0 Å². The number of aliphatic hydroxyl groups is 1. The molecule has 3 aromatic heterocycles. The van der Waals surface area contributed by atoms with Gasteiger partial charge >= 0.3 is 0 Å². The molecule has 13 nitrogen and oxygen atoms in total. The standard InChI is InChI=1S/C39H37ClF4N8O5S/c1-38(2,55)12-11-22-7-8-23(24-9-10-27(40)31-34(24)51(5)48-36(31)49-58(6,56)57)32(45-22)28(15-19-13-20(41)16-21(42)14-19)46-29(53)18-52-35-30(25-17-26(25)39(35,43)44)33(47-52)37(54)50(3)4/h7-10,13-14,16,25-26,28,55H,15,17-18H2,1-6H3,(H,46,53)(H,48,49)/t25-,26+,28?/m0/s1. The molecule has 2 amide bonds. The maximum Gasteiger partial charge on any atom is 0.293 e. The Morgan fingerprint density at radius 1 is 1.10 bits per heavy atom. The molecule has 19 heteroatoms. The van der Waals surface area contributed by atoms with E-state index in [1.807, 2.05) is 0 Å². The van der Waals surface area contributed by atoms with Crippen LogP contribution in [0.4, 0.5) is 23.4 Å². The number of pyridine rings is 1. The number of rotatable bonds is 10. The second kappa shape index (κ2) is 14.4. The van der Waals surface area contributed by atoms with Gasteiger partial charge in [-0.2, -0.15) is 19.0 Å². The average Bonchev–Trinajstić information content (AvgIpc) is 3.65. The van der Waals surface area contributed by atoms with E-state index >= 15 is 8.78 Å². The fourth-order valence-corrected chi connectivity index (χ4v) is 8.14. The maximum absolute atomic E-state index is 15.7. The number of aryl methyl sites for hydroxylation is 1. The molecule has 2 aliphatic rings. The van der Waals surface area contributed by atoms with Crippen LogP contribution in [0.1, 0.15) is 70.9 Å². The van der Waals surface area contributed by atoms with Gasteiger partial charge in [0.2, 0.25) is 15.9 Å². The minimum atomic E-state index is -3.81. The summed E-state index contributed by atoms with van der Waals surface area (Å²) in [6, 6.07) is 7.82. The van der Waals surface area contributed by atoms with Gasteiger partial charge in [-0.25, -0.2) is 22.2 Å². The summed E-state index contributed by atoms with van der Waals surface area (Å²) in [6.45, 7) is 2.16. The second-order valence-corrected chi connectivity index (χ2v) is 17.4. The van der Waals surface area contributed by atoms with E-state index in [0.717, 1.165) is 23.1 Å². The minimum Gasteiger partial charge on any atom is -0.378 e. The van der Waals surface area contributed by atoms with Gasteiger partial charge in [-0.3, -0.25) is 23.7 Å². The lowest BCUT2D eigenvalue weighted by molar-refractivity contribution is -0.122. The van der Waals surface area contributed by atoms with Gasteiger partial charge in [0, 0.05) is 49.8 Å². The Morgan fingerprint density at radius 2 is 1.78 bits per heavy atom. The quantitative estimate of drug-likeness (QED) is 0.127. The number of amides is 2. The first kappa shape index (κ1) is 40.7. The largest absolute Gasteiger partial charge is 0.378 e. The second-order valence-electron chi connectivity index (χ2n) is 15.2. The molecule has 0 radical (unpaired) electrons. The van der Waals surface area contributed by atoms with Crippen LogP contribution in [-0.2, 0) is 40.8 Å². The van der Waals surface area contributed by atoms with Gasteiger partial charge in [0.05, 0.1) is 33.9 Å². The lowest BCUT2D eigenvalue weighted by Gasteiger charge is -2.23. The Morgan fingerprint density at radius 3 is 2.41 bits per heavy atom. The van der Waals surface area contributed by atoms with E-state index < -0.39 is 75.1 Å². The van der Waals surface area contributed by atoms with Crippen LogP contribution in [0.25, 0.3) is 22.0 Å². The van der Waals surface area contributed by atoms with Crippen molar-refractivity contribution in [1.29, 1.82) is 0 Å². The van der Waals surface area contributed by atoms with E-state index in [0.29, 0.717) is 22.7 Å². The summed E-state index contributed by atoms with van der Waals surface area (Å²) >= 11 is 6.61. The highest BCUT2D eigenvalue weighted by molar-refractivity contribution is 7.92. The fourth-order valence-electron chi connectivity index (χ4n) is 7.41. The van der Waals surface area contributed by atoms with Gasteiger partial charge in [-0.05, 0) is 74.4 Å². The molecule has 0 spiro atoms. The Balaban J connectivity index is 1.39. The van der Waals surface area contributed by atoms with Crippen molar-refractivity contribution >= 4 is 50.2 Å². The molecule has 58 heavy (non-hydrogen) atoms. The first-order valence-electron chi connectivity index (χ1n) is 17.9. The van der Waals surface area contributed by atoms with Crippen molar-refractivity contribution in [3.63, 3.8) is 0 Å². The molecule has 2 aromatic carbocycles. The monoisotopic (exact) mass is 840 g/mol. The van der Waals surface area contributed by atoms with Crippen molar-refractivity contribution in [3.05, 3.63) is 93.0 Å². The Kier molecular flexibility index (Phi) is 10.1. The number of hydrogen-bond donors (Lipinski definition) is 3. The summed E-state index contributed by atoms with van der Waals surface area (Å²) in [5.74, 6) is -2.79. The third kappa shape index (κ3) is 7.85. The number of aromatic nitrogens is 5. The lowest BCUT2D eigenvalue weighted by Crippen LogP contribution is -2.35. The normalized spacial score (nSPS) is 17.2. The van der Waals surface area contributed by atoms with Crippen LogP contribution in [0, 0.1) is 29.4 Å². The molecule has 3 N–H and O–H groups in total. The molecule has 2 aliphatic carbocycles. The number of nitrogens with one attached hydrogen (secondary N) is 2. The SMILES string of the molecule is CN(C)C(=O)c1nn(CC(=O)NC(Cc2cc(F)cc(F)c2)c2nc(C#CC(C)(C)O)ccc2-c2ccc(Cl)c3c(NS(C)(=O)=O)nn(C)c23)c2c1[C@H]1C[C@H]1C2(F)F. The number of halogens is 5. The van der Waals surface area contributed by atoms with Crippen molar-refractivity contribution in [2.45, 2.75) is 56.7 Å². The number of benzene rings is 2. The van der Waals surface area contributed by atoms with Crippen LogP contribution >= 0.6 is 11.6 Å². The number of alkyl halides is 2. The molecule has 7 rings (SSSR count). The smallest absolute Gasteiger partial charge is 0.293 e. The maximum atomic E-state index is 15.7. The number of fused-ring (bicyclic) bond motifs is 4. The van der Waals surface area contributed by atoms with E-state index in [1.165, 1.54) is 49.7 Å². The van der Waals surface area contributed by atoms with Gasteiger partial charge in [-0.1, -0.05) is 23.6 Å². The number of hydrogen-bond acceptors (Lipinski definition) is 8. The molecule has 1 unspecified atom stereocenters. The first-order valence-corrected chi connectivity index (χ1v) is 20.1. The highest BCUT2D eigenvalue weighted by Gasteiger charge is 2.67. The zero-order valence-corrected chi connectivity index (χ0v) is 33.5. The van der Waals surface area contributed by atoms with E-state index in [2.05, 4.69) is 32.1 Å². The third-order valence-corrected chi connectivity index (χ3v) is 10.7. The van der Waals surface area contributed by atoms with Gasteiger partial charge in [-0.15, -0.1) is 0 Å². The zero-order chi connectivity index (χ0) is 42.2. The number of carbonyl (C=O) groups excluding carboxylic acids is 2. The highest BCUT2D eigenvalue weighted by atomic mass is 35.5. The number of carbonyl (C=O) groups is 2. The molecular weight excluding hydrogens is 804 g/mol. The van der Waals surface area contributed by atoms with E-state index in [9.17, 15) is 31.9 Å². The fraction of sp³-hybridized carbons (Fsp3) is 0.359. The Hall–Kier alpha value is -5.51. The van der Waals surface area contributed by atoms with E-state index in [4.69, 9.17) is 16.6 Å². The van der Waals surface area contributed by atoms with Crippen molar-refractivity contribution in [2.75, 3.05) is 25.1 Å². The van der Waals surface area contributed by atoms with Crippen molar-refractivity contribution in [1.82, 2.24) is 34.8 Å². The third-order valence-electron chi connectivity index (χ3n) is 9.79. The summed E-state index contributed by atoms with van der Waals surface area (Å²) in [5.41, 5.74) is -0.661. The number of sulfonamides is 1. The van der Waals surface area contributed by atoms with Crippen LogP contribution in [-0.4, -0.2) is 80.7 Å². The molecule has 0 aliphatic heterocycles. The lowest BCUT2D eigenvalue weighted by atomic mass is 9.93. The molecule has 0 bridgehead atoms. The molecule has 1 fully saturated rings.